The molecular weight excluding hydrogens is 282 g/mol. The number of aliphatic hydroxyl groups is 2. The van der Waals surface area contributed by atoms with Crippen LogP contribution in [0.15, 0.2) is 30.5 Å². The van der Waals surface area contributed by atoms with Crippen LogP contribution in [0.2, 0.25) is 0 Å². The molecule has 0 saturated heterocycles. The Kier molecular flexibility index (Phi) is 5.19. The van der Waals surface area contributed by atoms with Crippen molar-refractivity contribution in [1.29, 1.82) is 0 Å². The number of benzene rings is 1. The second kappa shape index (κ2) is 7.11. The summed E-state index contributed by atoms with van der Waals surface area (Å²) in [7, 11) is 0. The number of aliphatic hydroxyl groups excluding tert-OH is 2. The van der Waals surface area contributed by atoms with Crippen molar-refractivity contribution in [1.82, 2.24) is 15.5 Å². The SMILES string of the molecule is Cc1cnnc(-c2cccc(C(=O)NC[C@H](O)CO)c2)c1C. The van der Waals surface area contributed by atoms with Gasteiger partial charge in [0.2, 0.25) is 0 Å². The van der Waals surface area contributed by atoms with E-state index in [4.69, 9.17) is 5.11 Å². The molecule has 6 nitrogen and oxygen atoms in total. The van der Waals surface area contributed by atoms with E-state index in [9.17, 15) is 9.90 Å². The van der Waals surface area contributed by atoms with Crippen molar-refractivity contribution in [3.63, 3.8) is 0 Å². The van der Waals surface area contributed by atoms with Crippen LogP contribution in [0.3, 0.4) is 0 Å². The summed E-state index contributed by atoms with van der Waals surface area (Å²) >= 11 is 0. The van der Waals surface area contributed by atoms with Crippen LogP contribution < -0.4 is 5.32 Å². The van der Waals surface area contributed by atoms with Gasteiger partial charge in [-0.05, 0) is 37.1 Å². The summed E-state index contributed by atoms with van der Waals surface area (Å²) in [6.45, 7) is 3.53. The Labute approximate surface area is 128 Å². The van der Waals surface area contributed by atoms with Crippen molar-refractivity contribution in [2.75, 3.05) is 13.2 Å². The monoisotopic (exact) mass is 301 g/mol. The van der Waals surface area contributed by atoms with E-state index in [-0.39, 0.29) is 12.5 Å². The molecule has 1 amide bonds. The number of amides is 1. The fourth-order valence-electron chi connectivity index (χ4n) is 1.99. The zero-order valence-electron chi connectivity index (χ0n) is 12.6. The number of rotatable bonds is 5. The predicted molar refractivity (Wildman–Crippen MR) is 82.4 cm³/mol. The normalized spacial score (nSPS) is 12.0. The zero-order chi connectivity index (χ0) is 16.1. The molecule has 22 heavy (non-hydrogen) atoms. The number of carbonyl (C=O) groups excluding carboxylic acids is 1. The maximum atomic E-state index is 12.1. The van der Waals surface area contributed by atoms with E-state index >= 15 is 0 Å². The highest BCUT2D eigenvalue weighted by atomic mass is 16.3. The zero-order valence-corrected chi connectivity index (χ0v) is 12.6. The van der Waals surface area contributed by atoms with Gasteiger partial charge in [-0.1, -0.05) is 12.1 Å². The smallest absolute Gasteiger partial charge is 0.251 e. The second-order valence-corrected chi connectivity index (χ2v) is 5.13. The molecule has 2 aromatic rings. The number of hydrogen-bond donors (Lipinski definition) is 3. The molecule has 0 aliphatic rings. The van der Waals surface area contributed by atoms with Crippen LogP contribution in [0.25, 0.3) is 11.3 Å². The maximum absolute atomic E-state index is 12.1. The molecular formula is C16H19N3O3. The highest BCUT2D eigenvalue weighted by Gasteiger charge is 2.11. The molecule has 2 rings (SSSR count). The Bertz CT molecular complexity index is 673. The molecule has 0 aliphatic heterocycles. The van der Waals surface area contributed by atoms with Crippen LogP contribution in [-0.2, 0) is 0 Å². The van der Waals surface area contributed by atoms with E-state index < -0.39 is 12.7 Å². The third kappa shape index (κ3) is 3.66. The maximum Gasteiger partial charge on any atom is 0.251 e. The van der Waals surface area contributed by atoms with E-state index in [1.165, 1.54) is 0 Å². The van der Waals surface area contributed by atoms with Crippen LogP contribution in [0.4, 0.5) is 0 Å². The Morgan fingerprint density at radius 2 is 2.14 bits per heavy atom. The topological polar surface area (TPSA) is 95.3 Å². The molecule has 1 aromatic heterocycles. The lowest BCUT2D eigenvalue weighted by Crippen LogP contribution is -2.33. The molecule has 6 heteroatoms. The summed E-state index contributed by atoms with van der Waals surface area (Å²) in [6.07, 6.45) is 0.739. The predicted octanol–water partition coefficient (Wildman–Crippen LogP) is 0.843. The lowest BCUT2D eigenvalue weighted by atomic mass is 10.0. The first kappa shape index (κ1) is 16.1. The van der Waals surface area contributed by atoms with Gasteiger partial charge in [0.15, 0.2) is 0 Å². The molecule has 1 aromatic carbocycles. The van der Waals surface area contributed by atoms with Gasteiger partial charge < -0.3 is 15.5 Å². The average Bonchev–Trinajstić information content (AvgIpc) is 2.54. The van der Waals surface area contributed by atoms with E-state index in [1.54, 1.807) is 24.4 Å². The Morgan fingerprint density at radius 3 is 2.86 bits per heavy atom. The first-order valence-electron chi connectivity index (χ1n) is 6.99. The van der Waals surface area contributed by atoms with E-state index in [1.807, 2.05) is 19.9 Å². The van der Waals surface area contributed by atoms with Gasteiger partial charge in [0, 0.05) is 17.7 Å². The summed E-state index contributed by atoms with van der Waals surface area (Å²) in [5, 5.41) is 28.7. The minimum Gasteiger partial charge on any atom is -0.394 e. The van der Waals surface area contributed by atoms with Crippen LogP contribution in [0.5, 0.6) is 0 Å². The van der Waals surface area contributed by atoms with Gasteiger partial charge in [0.05, 0.1) is 24.6 Å². The largest absolute Gasteiger partial charge is 0.394 e. The van der Waals surface area contributed by atoms with Crippen LogP contribution in [-0.4, -0.2) is 45.6 Å². The molecule has 0 spiro atoms. The van der Waals surface area contributed by atoms with Crippen molar-refractivity contribution in [3.8, 4) is 11.3 Å². The summed E-state index contributed by atoms with van der Waals surface area (Å²) in [5.74, 6) is -0.312. The van der Waals surface area contributed by atoms with Crippen molar-refractivity contribution in [3.05, 3.63) is 47.2 Å². The molecule has 0 bridgehead atoms. The molecule has 3 N–H and O–H groups in total. The Hall–Kier alpha value is -2.31. The number of nitrogens with zero attached hydrogens (tertiary/aromatic N) is 2. The number of nitrogens with one attached hydrogen (secondary N) is 1. The van der Waals surface area contributed by atoms with Crippen molar-refractivity contribution >= 4 is 5.91 Å². The summed E-state index contributed by atoms with van der Waals surface area (Å²) in [5.41, 5.74) is 4.06. The van der Waals surface area contributed by atoms with E-state index in [2.05, 4.69) is 15.5 Å². The van der Waals surface area contributed by atoms with Crippen molar-refractivity contribution < 1.29 is 15.0 Å². The minimum atomic E-state index is -0.961. The van der Waals surface area contributed by atoms with Crippen LogP contribution in [0.1, 0.15) is 21.5 Å². The molecule has 0 fully saturated rings. The first-order valence-corrected chi connectivity index (χ1v) is 6.99. The van der Waals surface area contributed by atoms with Gasteiger partial charge in [0.25, 0.3) is 5.91 Å². The van der Waals surface area contributed by atoms with Gasteiger partial charge in [-0.3, -0.25) is 4.79 Å². The van der Waals surface area contributed by atoms with Crippen molar-refractivity contribution in [2.24, 2.45) is 0 Å². The molecule has 1 atom stereocenters. The number of aryl methyl sites for hydroxylation is 1. The van der Waals surface area contributed by atoms with E-state index in [0.29, 0.717) is 5.56 Å². The van der Waals surface area contributed by atoms with Crippen molar-refractivity contribution in [2.45, 2.75) is 20.0 Å². The third-order valence-electron chi connectivity index (χ3n) is 3.46. The fourth-order valence-corrected chi connectivity index (χ4v) is 1.99. The number of carbonyl (C=O) groups is 1. The highest BCUT2D eigenvalue weighted by molar-refractivity contribution is 5.95. The van der Waals surface area contributed by atoms with Crippen LogP contribution >= 0.6 is 0 Å². The van der Waals surface area contributed by atoms with Gasteiger partial charge in [0.1, 0.15) is 0 Å². The number of hydrogen-bond acceptors (Lipinski definition) is 5. The standard InChI is InChI=1S/C16H19N3O3/c1-10-7-18-19-15(11(10)2)12-4-3-5-13(6-12)16(22)17-8-14(21)9-20/h3-7,14,20-21H,8-9H2,1-2H3,(H,17,22)/t14-/m0/s1. The Morgan fingerprint density at radius 1 is 1.36 bits per heavy atom. The molecule has 116 valence electrons. The van der Waals surface area contributed by atoms with Gasteiger partial charge >= 0.3 is 0 Å². The molecule has 0 aliphatic carbocycles. The summed E-state index contributed by atoms with van der Waals surface area (Å²) < 4.78 is 0. The van der Waals surface area contributed by atoms with Gasteiger partial charge in [-0.2, -0.15) is 10.2 Å². The third-order valence-corrected chi connectivity index (χ3v) is 3.46. The molecule has 0 saturated carbocycles. The summed E-state index contributed by atoms with van der Waals surface area (Å²) in [6, 6.07) is 7.06. The Balaban J connectivity index is 2.23. The number of aromatic nitrogens is 2. The van der Waals surface area contributed by atoms with Gasteiger partial charge in [-0.25, -0.2) is 0 Å². The fraction of sp³-hybridized carbons (Fsp3) is 0.312. The average molecular weight is 301 g/mol. The summed E-state index contributed by atoms with van der Waals surface area (Å²) in [4.78, 5) is 12.1. The second-order valence-electron chi connectivity index (χ2n) is 5.13. The quantitative estimate of drug-likeness (QED) is 0.761. The lowest BCUT2D eigenvalue weighted by Gasteiger charge is -2.10. The highest BCUT2D eigenvalue weighted by Crippen LogP contribution is 2.23. The lowest BCUT2D eigenvalue weighted by molar-refractivity contribution is 0.0802. The molecule has 0 unspecified atom stereocenters. The van der Waals surface area contributed by atoms with E-state index in [0.717, 1.165) is 22.4 Å². The minimum absolute atomic E-state index is 0.00282. The molecule has 1 heterocycles. The molecule has 0 radical (unpaired) electrons. The first-order chi connectivity index (χ1) is 10.5. The van der Waals surface area contributed by atoms with Gasteiger partial charge in [-0.15, -0.1) is 0 Å². The van der Waals surface area contributed by atoms with Crippen LogP contribution in [0, 0.1) is 13.8 Å².